The van der Waals surface area contributed by atoms with Crippen LogP contribution >= 0.6 is 0 Å². The average Bonchev–Trinajstić information content (AvgIpc) is 3.55. The molecular weight excluding hydrogens is 642 g/mol. The van der Waals surface area contributed by atoms with Gasteiger partial charge in [-0.3, -0.25) is 10.1 Å². The summed E-state index contributed by atoms with van der Waals surface area (Å²) in [5.41, 5.74) is 4.40. The van der Waals surface area contributed by atoms with Crippen molar-refractivity contribution in [2.24, 2.45) is 0 Å². The highest BCUT2D eigenvalue weighted by Gasteiger charge is 2.22. The van der Waals surface area contributed by atoms with Gasteiger partial charge in [-0.2, -0.15) is 5.10 Å². The van der Waals surface area contributed by atoms with Gasteiger partial charge in [0.15, 0.2) is 0 Å². The first-order valence-electron chi connectivity index (χ1n) is 16.8. The van der Waals surface area contributed by atoms with E-state index in [2.05, 4.69) is 57.0 Å². The third-order valence-corrected chi connectivity index (χ3v) is 8.03. The molecule has 3 aromatic heterocycles. The van der Waals surface area contributed by atoms with Crippen molar-refractivity contribution in [3.8, 4) is 11.4 Å². The van der Waals surface area contributed by atoms with E-state index in [0.717, 1.165) is 39.7 Å². The van der Waals surface area contributed by atoms with Crippen LogP contribution in [0.4, 0.5) is 27.9 Å². The van der Waals surface area contributed by atoms with E-state index in [-0.39, 0.29) is 23.6 Å². The minimum atomic E-state index is -0.390. The predicted molar refractivity (Wildman–Crippen MR) is 200 cm³/mol. The molecule has 0 bridgehead atoms. The number of aryl methyl sites for hydroxylation is 1. The van der Waals surface area contributed by atoms with E-state index in [4.69, 9.17) is 9.84 Å². The molecule has 0 aliphatic carbocycles. The average molecular weight is 684 g/mol. The molecule has 0 radical (unpaired) electrons. The van der Waals surface area contributed by atoms with Crippen molar-refractivity contribution < 1.29 is 14.3 Å². The lowest BCUT2D eigenvalue weighted by Crippen LogP contribution is -2.25. The summed E-state index contributed by atoms with van der Waals surface area (Å²) in [4.78, 5) is 38.4. The van der Waals surface area contributed by atoms with Crippen molar-refractivity contribution >= 4 is 45.9 Å². The van der Waals surface area contributed by atoms with Gasteiger partial charge in [0.05, 0.1) is 29.5 Å². The van der Waals surface area contributed by atoms with E-state index in [9.17, 15) is 9.59 Å². The number of amides is 3. The lowest BCUT2D eigenvalue weighted by Gasteiger charge is -2.15. The molecule has 12 nitrogen and oxygen atoms in total. The number of carbonyl (C=O) groups is 2. The molecule has 0 spiro atoms. The number of ether oxygens (including phenoxy) is 1. The van der Waals surface area contributed by atoms with Crippen LogP contribution in [0.2, 0.25) is 0 Å². The summed E-state index contributed by atoms with van der Waals surface area (Å²) in [7, 11) is 0. The number of benzene rings is 3. The number of pyridine rings is 1. The fourth-order valence-corrected chi connectivity index (χ4v) is 5.26. The van der Waals surface area contributed by atoms with Crippen LogP contribution in [0.3, 0.4) is 0 Å². The van der Waals surface area contributed by atoms with Crippen LogP contribution < -0.4 is 26.0 Å². The van der Waals surface area contributed by atoms with E-state index in [1.165, 1.54) is 12.4 Å². The Bertz CT molecular complexity index is 2150. The van der Waals surface area contributed by atoms with E-state index >= 15 is 0 Å². The van der Waals surface area contributed by atoms with Crippen LogP contribution in [0, 0.1) is 6.92 Å². The fraction of sp³-hybridized carbons (Fsp3) is 0.231. The van der Waals surface area contributed by atoms with Crippen molar-refractivity contribution in [3.05, 3.63) is 120 Å². The van der Waals surface area contributed by atoms with E-state index in [0.29, 0.717) is 35.4 Å². The summed E-state index contributed by atoms with van der Waals surface area (Å²) in [6, 6.07) is 24.7. The highest BCUT2D eigenvalue weighted by Crippen LogP contribution is 2.33. The van der Waals surface area contributed by atoms with Crippen LogP contribution in [0.15, 0.2) is 97.5 Å². The molecule has 51 heavy (non-hydrogen) atoms. The van der Waals surface area contributed by atoms with Crippen molar-refractivity contribution in [1.29, 1.82) is 0 Å². The van der Waals surface area contributed by atoms with Gasteiger partial charge in [-0.25, -0.2) is 24.4 Å². The van der Waals surface area contributed by atoms with Crippen LogP contribution in [0.1, 0.15) is 61.4 Å². The Morgan fingerprint density at radius 1 is 0.843 bits per heavy atom. The first-order valence-corrected chi connectivity index (χ1v) is 16.8. The highest BCUT2D eigenvalue weighted by atomic mass is 16.5. The zero-order valence-electron chi connectivity index (χ0n) is 29.3. The maximum absolute atomic E-state index is 13.4. The fourth-order valence-electron chi connectivity index (χ4n) is 5.26. The number of anilines is 4. The molecule has 0 saturated carbocycles. The van der Waals surface area contributed by atoms with Gasteiger partial charge >= 0.3 is 6.03 Å². The molecule has 0 aliphatic heterocycles. The molecule has 6 rings (SSSR count). The number of hydrogen-bond donors (Lipinski definition) is 4. The first-order chi connectivity index (χ1) is 24.6. The second-order valence-corrected chi connectivity index (χ2v) is 13.2. The van der Waals surface area contributed by atoms with Gasteiger partial charge in [-0.15, -0.1) is 0 Å². The smallest absolute Gasteiger partial charge is 0.324 e. The molecule has 0 aliphatic rings. The Morgan fingerprint density at radius 2 is 1.63 bits per heavy atom. The van der Waals surface area contributed by atoms with Gasteiger partial charge < -0.3 is 20.7 Å². The number of carbonyl (C=O) groups excluding carboxylic acids is 2. The summed E-state index contributed by atoms with van der Waals surface area (Å²) in [6.45, 7) is 11.1. The molecule has 0 fully saturated rings. The molecular formula is C39H41N9O3. The number of nitrogens with one attached hydrogen (secondary N) is 4. The van der Waals surface area contributed by atoms with Crippen LogP contribution in [0.5, 0.6) is 5.75 Å². The molecule has 0 atom stereocenters. The van der Waals surface area contributed by atoms with Gasteiger partial charge in [0.2, 0.25) is 0 Å². The van der Waals surface area contributed by atoms with Crippen molar-refractivity contribution in [2.75, 3.05) is 22.5 Å². The maximum Gasteiger partial charge on any atom is 0.324 e. The SMILES string of the molecule is CCCNC(=O)c1cnc(Nc2cc(COc3ccc(NC(=O)Nc4cc(C(C)(C)C)nn4-c4ccc(C)cc4)c4ccccc34)ccn2)cn1. The number of urea groups is 1. The molecule has 0 saturated heterocycles. The van der Waals surface area contributed by atoms with E-state index in [1.807, 2.05) is 92.7 Å². The van der Waals surface area contributed by atoms with Gasteiger partial charge in [0.25, 0.3) is 5.91 Å². The predicted octanol–water partition coefficient (Wildman–Crippen LogP) is 7.92. The highest BCUT2D eigenvalue weighted by molar-refractivity contribution is 6.07. The van der Waals surface area contributed by atoms with Gasteiger partial charge in [-0.1, -0.05) is 69.7 Å². The molecule has 3 aromatic carbocycles. The Balaban J connectivity index is 1.14. The molecule has 6 aromatic rings. The molecule has 260 valence electrons. The summed E-state index contributed by atoms with van der Waals surface area (Å²) in [5, 5.41) is 18.4. The molecule has 12 heteroatoms. The van der Waals surface area contributed by atoms with E-state index in [1.54, 1.807) is 10.9 Å². The Labute approximate surface area is 296 Å². The topological polar surface area (TPSA) is 148 Å². The van der Waals surface area contributed by atoms with Gasteiger partial charge in [-0.05, 0) is 55.3 Å². The van der Waals surface area contributed by atoms with Gasteiger partial charge in [0, 0.05) is 35.0 Å². The third kappa shape index (κ3) is 8.47. The third-order valence-electron chi connectivity index (χ3n) is 8.03. The monoisotopic (exact) mass is 683 g/mol. The number of aromatic nitrogens is 5. The largest absolute Gasteiger partial charge is 0.488 e. The lowest BCUT2D eigenvalue weighted by atomic mass is 9.92. The summed E-state index contributed by atoms with van der Waals surface area (Å²) in [5.74, 6) is 1.99. The number of fused-ring (bicyclic) bond motifs is 1. The number of hydrogen-bond acceptors (Lipinski definition) is 8. The standard InChI is InChI=1S/C39H41N9O3/c1-6-18-41-37(49)31-22-43-35(23-42-31)45-34-20-26(17-19-40-34)24-51-32-16-15-30(28-9-7-8-10-29(28)32)44-38(50)46-36-21-33(39(3,4)5)47-48(36)27-13-11-25(2)12-14-27/h7-17,19-23H,6,18,24H2,1-5H3,(H,41,49)(H,40,43,45)(H2,44,46,50). The van der Waals surface area contributed by atoms with Crippen molar-refractivity contribution in [1.82, 2.24) is 30.0 Å². The second-order valence-electron chi connectivity index (χ2n) is 13.2. The van der Waals surface area contributed by atoms with Crippen molar-refractivity contribution in [2.45, 2.75) is 53.1 Å². The van der Waals surface area contributed by atoms with E-state index < -0.39 is 6.03 Å². The number of rotatable bonds is 11. The zero-order chi connectivity index (χ0) is 36.0. The van der Waals surface area contributed by atoms with Gasteiger partial charge in [0.1, 0.15) is 35.5 Å². The lowest BCUT2D eigenvalue weighted by molar-refractivity contribution is 0.0948. The molecule has 3 amide bonds. The Hall–Kier alpha value is -6.30. The first kappa shape index (κ1) is 34.6. The molecule has 4 N–H and O–H groups in total. The minimum absolute atomic E-state index is 0.210. The Kier molecular flexibility index (Phi) is 10.2. The quantitative estimate of drug-likeness (QED) is 0.108. The molecule has 3 heterocycles. The number of nitrogens with zero attached hydrogens (tertiary/aromatic N) is 5. The molecule has 0 unspecified atom stereocenters. The maximum atomic E-state index is 13.4. The zero-order valence-corrected chi connectivity index (χ0v) is 29.3. The summed E-state index contributed by atoms with van der Waals surface area (Å²) >= 11 is 0. The Morgan fingerprint density at radius 3 is 2.35 bits per heavy atom. The second kappa shape index (κ2) is 15.1. The van der Waals surface area contributed by atoms with Crippen molar-refractivity contribution in [3.63, 3.8) is 0 Å². The van der Waals surface area contributed by atoms with Crippen LogP contribution in [-0.4, -0.2) is 43.2 Å². The summed E-state index contributed by atoms with van der Waals surface area (Å²) < 4.78 is 8.04. The van der Waals surface area contributed by atoms with Crippen LogP contribution in [0.25, 0.3) is 16.5 Å². The normalized spacial score (nSPS) is 11.2. The minimum Gasteiger partial charge on any atom is -0.488 e. The summed E-state index contributed by atoms with van der Waals surface area (Å²) in [6.07, 6.45) is 5.44. The van der Waals surface area contributed by atoms with Crippen LogP contribution in [-0.2, 0) is 12.0 Å².